The van der Waals surface area contributed by atoms with Crippen LogP contribution >= 0.6 is 0 Å². The number of para-hydroxylation sites is 1. The van der Waals surface area contributed by atoms with Crippen molar-refractivity contribution in [1.29, 1.82) is 0 Å². The standard InChI is InChI=1S/C19H14N4O4/c1-11-14(16(24)21-12-7-9-20-10-8-12)15-17(27-11)22-19(26)23(18(15)25)13-5-3-2-4-6-13/h2-10H,1H3,(H,22,26)(H,20,21,24). The summed E-state index contributed by atoms with van der Waals surface area (Å²) in [6.07, 6.45) is 3.08. The molecule has 0 atom stereocenters. The van der Waals surface area contributed by atoms with Crippen LogP contribution in [0.1, 0.15) is 16.1 Å². The van der Waals surface area contributed by atoms with Crippen LogP contribution in [0.2, 0.25) is 0 Å². The smallest absolute Gasteiger partial charge is 0.335 e. The summed E-state index contributed by atoms with van der Waals surface area (Å²) in [6.45, 7) is 1.56. The zero-order valence-corrected chi connectivity index (χ0v) is 14.2. The molecule has 0 aliphatic heterocycles. The number of amides is 1. The summed E-state index contributed by atoms with van der Waals surface area (Å²) in [7, 11) is 0. The van der Waals surface area contributed by atoms with Gasteiger partial charge >= 0.3 is 5.69 Å². The van der Waals surface area contributed by atoms with Gasteiger partial charge in [0.15, 0.2) is 0 Å². The molecule has 0 saturated heterocycles. The van der Waals surface area contributed by atoms with Gasteiger partial charge in [0, 0.05) is 18.1 Å². The maximum atomic E-state index is 13.0. The summed E-state index contributed by atoms with van der Waals surface area (Å²) < 4.78 is 6.44. The number of nitrogens with one attached hydrogen (secondary N) is 2. The predicted octanol–water partition coefficient (Wildman–Crippen LogP) is 2.23. The Bertz CT molecular complexity index is 1250. The van der Waals surface area contributed by atoms with Crippen LogP contribution < -0.4 is 16.6 Å². The molecular weight excluding hydrogens is 348 g/mol. The van der Waals surface area contributed by atoms with E-state index >= 15 is 0 Å². The molecule has 27 heavy (non-hydrogen) atoms. The summed E-state index contributed by atoms with van der Waals surface area (Å²) in [5.74, 6) is -0.281. The fourth-order valence-electron chi connectivity index (χ4n) is 2.91. The van der Waals surface area contributed by atoms with Crippen LogP contribution in [0, 0.1) is 6.92 Å². The van der Waals surface area contributed by atoms with Gasteiger partial charge in [-0.2, -0.15) is 0 Å². The maximum absolute atomic E-state index is 13.0. The number of anilines is 1. The predicted molar refractivity (Wildman–Crippen MR) is 99.4 cm³/mol. The maximum Gasteiger partial charge on any atom is 0.335 e. The topological polar surface area (TPSA) is 110 Å². The van der Waals surface area contributed by atoms with Crippen molar-refractivity contribution in [3.05, 3.63) is 87.0 Å². The lowest BCUT2D eigenvalue weighted by Crippen LogP contribution is -2.34. The van der Waals surface area contributed by atoms with Crippen molar-refractivity contribution in [3.8, 4) is 5.69 Å². The monoisotopic (exact) mass is 362 g/mol. The number of rotatable bonds is 3. The van der Waals surface area contributed by atoms with Crippen molar-refractivity contribution in [1.82, 2.24) is 14.5 Å². The summed E-state index contributed by atoms with van der Waals surface area (Å²) in [6, 6.07) is 11.7. The highest BCUT2D eigenvalue weighted by molar-refractivity contribution is 6.12. The first-order valence-corrected chi connectivity index (χ1v) is 8.11. The minimum absolute atomic E-state index is 0.0162. The fourth-order valence-corrected chi connectivity index (χ4v) is 2.91. The molecule has 0 unspecified atom stereocenters. The molecule has 0 spiro atoms. The van der Waals surface area contributed by atoms with Gasteiger partial charge in [-0.05, 0) is 31.2 Å². The minimum atomic E-state index is -0.645. The Kier molecular flexibility index (Phi) is 3.92. The van der Waals surface area contributed by atoms with E-state index in [-0.39, 0.29) is 22.4 Å². The van der Waals surface area contributed by atoms with Gasteiger partial charge in [0.05, 0.1) is 11.3 Å². The number of fused-ring (bicyclic) bond motifs is 1. The Hall–Kier alpha value is -3.94. The van der Waals surface area contributed by atoms with Crippen LogP contribution in [0.15, 0.2) is 68.9 Å². The lowest BCUT2D eigenvalue weighted by molar-refractivity contribution is 0.102. The number of aromatic nitrogens is 3. The van der Waals surface area contributed by atoms with E-state index < -0.39 is 17.2 Å². The number of carbonyl (C=O) groups excluding carboxylic acids is 1. The van der Waals surface area contributed by atoms with Crippen LogP contribution in [-0.2, 0) is 0 Å². The Balaban J connectivity index is 1.92. The molecule has 1 amide bonds. The Morgan fingerprint density at radius 2 is 1.81 bits per heavy atom. The van der Waals surface area contributed by atoms with Crippen molar-refractivity contribution >= 4 is 22.7 Å². The molecule has 3 heterocycles. The van der Waals surface area contributed by atoms with E-state index in [2.05, 4.69) is 15.3 Å². The first-order chi connectivity index (χ1) is 13.1. The van der Waals surface area contributed by atoms with Crippen molar-refractivity contribution in [2.75, 3.05) is 5.32 Å². The number of carbonyl (C=O) groups is 1. The lowest BCUT2D eigenvalue weighted by atomic mass is 10.1. The number of H-pyrrole nitrogens is 1. The van der Waals surface area contributed by atoms with E-state index in [9.17, 15) is 14.4 Å². The molecule has 8 heteroatoms. The van der Waals surface area contributed by atoms with E-state index in [1.54, 1.807) is 49.4 Å². The van der Waals surface area contributed by atoms with E-state index in [4.69, 9.17) is 4.42 Å². The molecule has 8 nitrogen and oxygen atoms in total. The van der Waals surface area contributed by atoms with E-state index in [1.165, 1.54) is 12.4 Å². The van der Waals surface area contributed by atoms with Gasteiger partial charge in [0.25, 0.3) is 11.5 Å². The average molecular weight is 362 g/mol. The quantitative estimate of drug-likeness (QED) is 0.581. The van der Waals surface area contributed by atoms with Crippen LogP contribution in [0.3, 0.4) is 0 Å². The zero-order valence-electron chi connectivity index (χ0n) is 14.2. The Morgan fingerprint density at radius 3 is 2.52 bits per heavy atom. The summed E-state index contributed by atoms with van der Waals surface area (Å²) >= 11 is 0. The van der Waals surface area contributed by atoms with Crippen molar-refractivity contribution < 1.29 is 9.21 Å². The Morgan fingerprint density at radius 1 is 1.11 bits per heavy atom. The number of benzene rings is 1. The molecule has 1 aromatic carbocycles. The lowest BCUT2D eigenvalue weighted by Gasteiger charge is -2.06. The number of hydrogen-bond acceptors (Lipinski definition) is 5. The molecule has 2 N–H and O–H groups in total. The molecule has 0 aliphatic rings. The van der Waals surface area contributed by atoms with Crippen molar-refractivity contribution in [3.63, 3.8) is 0 Å². The highest BCUT2D eigenvalue weighted by Crippen LogP contribution is 2.22. The van der Waals surface area contributed by atoms with Gasteiger partial charge < -0.3 is 9.73 Å². The van der Waals surface area contributed by atoms with Gasteiger partial charge in [0.2, 0.25) is 5.71 Å². The van der Waals surface area contributed by atoms with Crippen molar-refractivity contribution in [2.24, 2.45) is 0 Å². The molecular formula is C19H14N4O4. The largest absolute Gasteiger partial charge is 0.444 e. The third-order valence-corrected chi connectivity index (χ3v) is 4.10. The highest BCUT2D eigenvalue weighted by atomic mass is 16.3. The molecule has 3 aromatic heterocycles. The molecule has 0 bridgehead atoms. The SMILES string of the molecule is Cc1oc2[nH]c(=O)n(-c3ccccc3)c(=O)c2c1C(=O)Nc1ccncc1. The van der Waals surface area contributed by atoms with E-state index in [0.29, 0.717) is 11.4 Å². The molecule has 0 aliphatic carbocycles. The van der Waals surface area contributed by atoms with Crippen LogP contribution in [-0.4, -0.2) is 20.4 Å². The third-order valence-electron chi connectivity index (χ3n) is 4.10. The number of nitrogens with zero attached hydrogens (tertiary/aromatic N) is 2. The molecule has 0 fully saturated rings. The summed E-state index contributed by atoms with van der Waals surface area (Å²) in [5, 5.41) is 2.72. The first-order valence-electron chi connectivity index (χ1n) is 8.11. The first kappa shape index (κ1) is 16.5. The van der Waals surface area contributed by atoms with Gasteiger partial charge in [-0.1, -0.05) is 18.2 Å². The Labute approximate surface area is 152 Å². The fraction of sp³-hybridized carbons (Fsp3) is 0.0526. The molecule has 0 radical (unpaired) electrons. The zero-order chi connectivity index (χ0) is 19.0. The highest BCUT2D eigenvalue weighted by Gasteiger charge is 2.24. The summed E-state index contributed by atoms with van der Waals surface area (Å²) in [4.78, 5) is 44.6. The second-order valence-electron chi connectivity index (χ2n) is 5.83. The van der Waals surface area contributed by atoms with Crippen LogP contribution in [0.25, 0.3) is 16.8 Å². The molecule has 4 rings (SSSR count). The second-order valence-corrected chi connectivity index (χ2v) is 5.83. The number of hydrogen-bond donors (Lipinski definition) is 2. The second kappa shape index (κ2) is 6.41. The van der Waals surface area contributed by atoms with E-state index in [0.717, 1.165) is 4.57 Å². The minimum Gasteiger partial charge on any atom is -0.444 e. The number of aryl methyl sites for hydroxylation is 1. The third kappa shape index (κ3) is 2.82. The summed E-state index contributed by atoms with van der Waals surface area (Å²) in [5.41, 5.74) is -0.311. The van der Waals surface area contributed by atoms with Crippen molar-refractivity contribution in [2.45, 2.75) is 6.92 Å². The number of aromatic amines is 1. The van der Waals surface area contributed by atoms with Gasteiger partial charge in [-0.3, -0.25) is 19.6 Å². The normalized spacial score (nSPS) is 10.9. The van der Waals surface area contributed by atoms with Crippen LogP contribution in [0.4, 0.5) is 5.69 Å². The molecule has 0 saturated carbocycles. The van der Waals surface area contributed by atoms with Gasteiger partial charge in [-0.15, -0.1) is 0 Å². The van der Waals surface area contributed by atoms with E-state index in [1.807, 2.05) is 0 Å². The van der Waals surface area contributed by atoms with Gasteiger partial charge in [0.1, 0.15) is 11.1 Å². The average Bonchev–Trinajstić information content (AvgIpc) is 2.99. The van der Waals surface area contributed by atoms with Crippen LogP contribution in [0.5, 0.6) is 0 Å². The number of furan rings is 1. The van der Waals surface area contributed by atoms with Gasteiger partial charge in [-0.25, -0.2) is 9.36 Å². The molecule has 4 aromatic rings. The molecule has 134 valence electrons. The number of pyridine rings is 1.